The Morgan fingerprint density at radius 3 is 2.09 bits per heavy atom. The third kappa shape index (κ3) is 10.0. The largest absolute Gasteiger partial charge is 0.354 e. The van der Waals surface area contributed by atoms with E-state index in [-0.39, 0.29) is 47.7 Å². The maximum Gasteiger partial charge on any atom is 0.249 e. The van der Waals surface area contributed by atoms with Gasteiger partial charge >= 0.3 is 0 Å². The van der Waals surface area contributed by atoms with E-state index in [1.807, 2.05) is 40.7 Å². The lowest BCUT2D eigenvalue weighted by molar-refractivity contribution is -0.142. The molecule has 2 unspecified atom stereocenters. The van der Waals surface area contributed by atoms with Crippen molar-refractivity contribution in [1.82, 2.24) is 25.3 Å². The Bertz CT molecular complexity index is 999. The number of carbonyl (C=O) groups excluding carboxylic acids is 4. The van der Waals surface area contributed by atoms with Gasteiger partial charge in [0, 0.05) is 31.8 Å². The molecule has 2 N–H and O–H groups in total. The molecule has 2 aliphatic rings. The summed E-state index contributed by atoms with van der Waals surface area (Å²) < 4.78 is 0. The van der Waals surface area contributed by atoms with Gasteiger partial charge in [-0.1, -0.05) is 61.0 Å². The Morgan fingerprint density at radius 2 is 1.53 bits per heavy atom. The smallest absolute Gasteiger partial charge is 0.249 e. The second-order valence-corrected chi connectivity index (χ2v) is 14.8. The molecule has 4 amide bonds. The molecule has 0 aromatic rings. The van der Waals surface area contributed by atoms with Gasteiger partial charge in [-0.3, -0.25) is 24.1 Å². The Balaban J connectivity index is 2.22. The molecule has 2 heterocycles. The van der Waals surface area contributed by atoms with E-state index in [1.54, 1.807) is 23.8 Å². The zero-order valence-corrected chi connectivity index (χ0v) is 29.0. The summed E-state index contributed by atoms with van der Waals surface area (Å²) in [5.41, 5.74) is 0.00603. The van der Waals surface area contributed by atoms with Crippen LogP contribution in [0.2, 0.25) is 0 Å². The van der Waals surface area contributed by atoms with Crippen LogP contribution in [0.3, 0.4) is 0 Å². The number of hydrogen-bond donors (Lipinski definition) is 2. The fourth-order valence-corrected chi connectivity index (χ4v) is 6.28. The van der Waals surface area contributed by atoms with Gasteiger partial charge in [-0.15, -0.1) is 0 Å². The highest BCUT2D eigenvalue weighted by atomic mass is 16.2. The lowest BCUT2D eigenvalue weighted by Crippen LogP contribution is -2.60. The van der Waals surface area contributed by atoms with Crippen LogP contribution in [-0.4, -0.2) is 95.2 Å². The minimum atomic E-state index is -0.718. The average Bonchev–Trinajstić information content (AvgIpc) is 3.42. The van der Waals surface area contributed by atoms with Gasteiger partial charge in [-0.05, 0) is 76.7 Å². The Morgan fingerprint density at radius 1 is 0.907 bits per heavy atom. The first kappa shape index (κ1) is 36.8. The van der Waals surface area contributed by atoms with Crippen LogP contribution in [0.5, 0.6) is 0 Å². The Hall–Kier alpha value is -2.42. The third-order valence-electron chi connectivity index (χ3n) is 8.98. The summed E-state index contributed by atoms with van der Waals surface area (Å²) in [5.74, 6) is -0.00923. The second-order valence-electron chi connectivity index (χ2n) is 14.8. The highest BCUT2D eigenvalue weighted by molar-refractivity contribution is 5.97. The first-order valence-corrected chi connectivity index (χ1v) is 16.6. The van der Waals surface area contributed by atoms with E-state index in [9.17, 15) is 19.2 Å². The predicted molar refractivity (Wildman–Crippen MR) is 173 cm³/mol. The van der Waals surface area contributed by atoms with Crippen LogP contribution in [0, 0.1) is 17.3 Å². The molecule has 0 radical (unpaired) electrons. The number of nitrogens with zero attached hydrogens (tertiary/aromatic N) is 3. The van der Waals surface area contributed by atoms with Crippen molar-refractivity contribution in [2.45, 2.75) is 138 Å². The lowest BCUT2D eigenvalue weighted by atomic mass is 9.84. The monoisotopic (exact) mass is 603 g/mol. The molecular weight excluding hydrogens is 542 g/mol. The molecule has 0 aromatic carbocycles. The molecule has 2 fully saturated rings. The van der Waals surface area contributed by atoms with Crippen molar-refractivity contribution in [2.24, 2.45) is 17.3 Å². The molecule has 2 saturated heterocycles. The summed E-state index contributed by atoms with van der Waals surface area (Å²) in [6.07, 6.45) is 7.07. The van der Waals surface area contributed by atoms with Gasteiger partial charge in [0.25, 0.3) is 0 Å². The summed E-state index contributed by atoms with van der Waals surface area (Å²) in [7, 11) is 1.76. The molecule has 9 heteroatoms. The fraction of sp³-hybridized carbons (Fsp3) is 0.824. The summed E-state index contributed by atoms with van der Waals surface area (Å²) in [6.45, 7) is 22.2. The summed E-state index contributed by atoms with van der Waals surface area (Å²) in [5, 5.41) is 6.14. The van der Waals surface area contributed by atoms with Gasteiger partial charge in [-0.25, -0.2) is 0 Å². The van der Waals surface area contributed by atoms with E-state index in [0.717, 1.165) is 38.6 Å². The number of amides is 4. The van der Waals surface area contributed by atoms with Crippen LogP contribution in [0.25, 0.3) is 0 Å². The van der Waals surface area contributed by atoms with Crippen LogP contribution < -0.4 is 10.6 Å². The molecule has 43 heavy (non-hydrogen) atoms. The minimum Gasteiger partial charge on any atom is -0.354 e. The molecule has 0 bridgehead atoms. The SMILES string of the molecule is C/C(=C\[C@H](C(C)C)N(C)C(=O)C(NC(=O)[C@H]1CCCCN1C(C)C)C(C)(C)C)C(=O)N1CCCC1C(=O)NCCC(C)C. The molecule has 0 saturated carbocycles. The lowest BCUT2D eigenvalue weighted by Gasteiger charge is -2.41. The molecular formula is C34H61N5O4. The standard InChI is InChI=1S/C34H61N5O4/c1-22(2)17-18-35-30(40)26-16-14-20-39(26)32(42)25(7)21-28(23(3)4)37(11)33(43)29(34(8,9)10)36-31(41)27-15-12-13-19-38(27)24(5)6/h21-24,26-29H,12-20H2,1-11H3,(H,35,40)(H,36,41)/b25-21+/t26?,27-,28-,29?/m1/s1. The fourth-order valence-electron chi connectivity index (χ4n) is 6.28. The first-order chi connectivity index (χ1) is 20.0. The van der Waals surface area contributed by atoms with E-state index in [4.69, 9.17) is 0 Å². The number of carbonyl (C=O) groups is 4. The van der Waals surface area contributed by atoms with Crippen molar-refractivity contribution in [3.8, 4) is 0 Å². The van der Waals surface area contributed by atoms with Crippen molar-refractivity contribution in [1.29, 1.82) is 0 Å². The van der Waals surface area contributed by atoms with Crippen molar-refractivity contribution in [2.75, 3.05) is 26.7 Å². The topological polar surface area (TPSA) is 102 Å². The van der Waals surface area contributed by atoms with Crippen molar-refractivity contribution in [3.63, 3.8) is 0 Å². The number of hydrogen-bond acceptors (Lipinski definition) is 5. The van der Waals surface area contributed by atoms with E-state index in [0.29, 0.717) is 31.0 Å². The molecule has 2 rings (SSSR count). The van der Waals surface area contributed by atoms with E-state index in [1.165, 1.54) is 0 Å². The highest BCUT2D eigenvalue weighted by Gasteiger charge is 2.40. The molecule has 0 aromatic heterocycles. The Kier molecular flexibility index (Phi) is 13.7. The quantitative estimate of drug-likeness (QED) is 0.323. The van der Waals surface area contributed by atoms with Crippen LogP contribution >= 0.6 is 0 Å². The number of rotatable bonds is 12. The Labute approximate surface area is 261 Å². The zero-order chi connectivity index (χ0) is 32.6. The average molecular weight is 604 g/mol. The molecule has 246 valence electrons. The number of piperidine rings is 1. The molecule has 4 atom stereocenters. The van der Waals surface area contributed by atoms with Gasteiger partial charge in [0.2, 0.25) is 23.6 Å². The van der Waals surface area contributed by atoms with Gasteiger partial charge in [0.05, 0.1) is 12.1 Å². The number of likely N-dealkylation sites (N-methyl/N-ethyl adjacent to an activating group) is 1. The van der Waals surface area contributed by atoms with Gasteiger partial charge in [0.15, 0.2) is 0 Å². The molecule has 9 nitrogen and oxygen atoms in total. The predicted octanol–water partition coefficient (Wildman–Crippen LogP) is 4.36. The van der Waals surface area contributed by atoms with Gasteiger partial charge < -0.3 is 20.4 Å². The summed E-state index contributed by atoms with van der Waals surface area (Å²) in [4.78, 5) is 59.8. The second kappa shape index (κ2) is 16.1. The number of likely N-dealkylation sites (tertiary alicyclic amines) is 2. The van der Waals surface area contributed by atoms with E-state index < -0.39 is 17.5 Å². The number of nitrogens with one attached hydrogen (secondary N) is 2. The highest BCUT2D eigenvalue weighted by Crippen LogP contribution is 2.27. The molecule has 2 aliphatic heterocycles. The van der Waals surface area contributed by atoms with Crippen LogP contribution in [-0.2, 0) is 19.2 Å². The van der Waals surface area contributed by atoms with Crippen LogP contribution in [0.15, 0.2) is 11.6 Å². The zero-order valence-electron chi connectivity index (χ0n) is 29.0. The normalized spacial score (nSPS) is 21.7. The molecule has 0 spiro atoms. The van der Waals surface area contributed by atoms with Crippen molar-refractivity contribution >= 4 is 23.6 Å². The summed E-state index contributed by atoms with van der Waals surface area (Å²) in [6, 6.07) is -1.54. The summed E-state index contributed by atoms with van der Waals surface area (Å²) >= 11 is 0. The molecule has 0 aliphatic carbocycles. The van der Waals surface area contributed by atoms with Crippen LogP contribution in [0.1, 0.15) is 108 Å². The first-order valence-electron chi connectivity index (χ1n) is 16.6. The van der Waals surface area contributed by atoms with Gasteiger partial charge in [0.1, 0.15) is 12.1 Å². The maximum absolute atomic E-state index is 14.1. The van der Waals surface area contributed by atoms with E-state index in [2.05, 4.69) is 43.2 Å². The maximum atomic E-state index is 14.1. The third-order valence-corrected chi connectivity index (χ3v) is 8.98. The van der Waals surface area contributed by atoms with Crippen molar-refractivity contribution < 1.29 is 19.2 Å². The minimum absolute atomic E-state index is 0.0245. The van der Waals surface area contributed by atoms with Gasteiger partial charge in [-0.2, -0.15) is 0 Å². The van der Waals surface area contributed by atoms with Crippen molar-refractivity contribution in [3.05, 3.63) is 11.6 Å². The van der Waals surface area contributed by atoms with E-state index >= 15 is 0 Å². The van der Waals surface area contributed by atoms with Crippen LogP contribution in [0.4, 0.5) is 0 Å².